The minimum atomic E-state index is -1.07. The van der Waals surface area contributed by atoms with Gasteiger partial charge in [0.15, 0.2) is 11.6 Å². The minimum absolute atomic E-state index is 0.103. The molecule has 0 aliphatic heterocycles. The number of hydrogen-bond donors (Lipinski definition) is 0. The SMILES string of the molecule is CCOc1ccc(-c2ccc(CCC/C=C(\F)CF)cc2)c(F)c1F. The molecule has 25 heavy (non-hydrogen) atoms. The molecule has 0 saturated heterocycles. The maximum Gasteiger partial charge on any atom is 0.201 e. The summed E-state index contributed by atoms with van der Waals surface area (Å²) in [6, 6.07) is 9.97. The molecule has 0 aromatic heterocycles. The first-order valence-electron chi connectivity index (χ1n) is 8.17. The molecule has 0 fully saturated rings. The number of benzene rings is 2. The van der Waals surface area contributed by atoms with Crippen molar-refractivity contribution in [3.05, 3.63) is 65.5 Å². The molecule has 5 heteroatoms. The predicted molar refractivity (Wildman–Crippen MR) is 91.1 cm³/mol. The van der Waals surface area contributed by atoms with Crippen LogP contribution in [0.5, 0.6) is 5.75 Å². The van der Waals surface area contributed by atoms with E-state index in [1.807, 2.05) is 12.1 Å². The van der Waals surface area contributed by atoms with Gasteiger partial charge in [-0.3, -0.25) is 0 Å². The number of alkyl halides is 1. The summed E-state index contributed by atoms with van der Waals surface area (Å²) in [5.74, 6) is -2.78. The van der Waals surface area contributed by atoms with Crippen LogP contribution in [0.1, 0.15) is 25.3 Å². The quantitative estimate of drug-likeness (QED) is 0.407. The lowest BCUT2D eigenvalue weighted by Gasteiger charge is -2.10. The summed E-state index contributed by atoms with van der Waals surface area (Å²) >= 11 is 0. The van der Waals surface area contributed by atoms with Crippen LogP contribution >= 0.6 is 0 Å². The summed E-state index contributed by atoms with van der Waals surface area (Å²) in [5.41, 5.74) is 1.72. The molecule has 0 spiro atoms. The summed E-state index contributed by atoms with van der Waals surface area (Å²) in [5, 5.41) is 0. The Bertz CT molecular complexity index is 723. The van der Waals surface area contributed by atoms with E-state index < -0.39 is 24.1 Å². The largest absolute Gasteiger partial charge is 0.491 e. The first-order valence-corrected chi connectivity index (χ1v) is 8.17. The van der Waals surface area contributed by atoms with Gasteiger partial charge in [-0.25, -0.2) is 13.2 Å². The van der Waals surface area contributed by atoms with Gasteiger partial charge in [-0.1, -0.05) is 30.3 Å². The molecule has 0 aliphatic rings. The Morgan fingerprint density at radius 3 is 2.40 bits per heavy atom. The third-order valence-electron chi connectivity index (χ3n) is 3.77. The zero-order chi connectivity index (χ0) is 18.2. The summed E-state index contributed by atoms with van der Waals surface area (Å²) < 4.78 is 57.8. The zero-order valence-corrected chi connectivity index (χ0v) is 14.0. The molecule has 0 amide bonds. The van der Waals surface area contributed by atoms with Gasteiger partial charge in [0.05, 0.1) is 6.61 Å². The van der Waals surface area contributed by atoms with Gasteiger partial charge in [-0.15, -0.1) is 0 Å². The van der Waals surface area contributed by atoms with Crippen molar-refractivity contribution in [1.29, 1.82) is 0 Å². The van der Waals surface area contributed by atoms with Crippen LogP contribution in [0.25, 0.3) is 11.1 Å². The number of aryl methyl sites for hydroxylation is 1. The fourth-order valence-corrected chi connectivity index (χ4v) is 2.49. The maximum absolute atomic E-state index is 14.2. The molecule has 0 heterocycles. The molecular formula is C20H20F4O. The first-order chi connectivity index (χ1) is 12.1. The number of allylic oxidation sites excluding steroid dienone is 2. The fraction of sp³-hybridized carbons (Fsp3) is 0.300. The van der Waals surface area contributed by atoms with Gasteiger partial charge in [0, 0.05) is 5.56 Å². The van der Waals surface area contributed by atoms with Crippen molar-refractivity contribution in [3.63, 3.8) is 0 Å². The summed E-state index contributed by atoms with van der Waals surface area (Å²) in [7, 11) is 0. The van der Waals surface area contributed by atoms with Gasteiger partial charge in [0.1, 0.15) is 12.5 Å². The number of rotatable bonds is 8. The summed E-state index contributed by atoms with van der Waals surface area (Å²) in [4.78, 5) is 0. The number of halogens is 4. The third-order valence-corrected chi connectivity index (χ3v) is 3.77. The molecule has 0 aliphatic carbocycles. The smallest absolute Gasteiger partial charge is 0.201 e. The minimum Gasteiger partial charge on any atom is -0.491 e. The highest BCUT2D eigenvalue weighted by molar-refractivity contribution is 5.65. The highest BCUT2D eigenvalue weighted by atomic mass is 19.2. The van der Waals surface area contributed by atoms with Crippen LogP contribution < -0.4 is 4.74 Å². The maximum atomic E-state index is 14.2. The van der Waals surface area contributed by atoms with Crippen LogP contribution in [0, 0.1) is 11.6 Å². The highest BCUT2D eigenvalue weighted by Gasteiger charge is 2.15. The van der Waals surface area contributed by atoms with Crippen molar-refractivity contribution in [1.82, 2.24) is 0 Å². The van der Waals surface area contributed by atoms with E-state index in [0.29, 0.717) is 24.8 Å². The summed E-state index contributed by atoms with van der Waals surface area (Å²) in [6.45, 7) is 0.888. The van der Waals surface area contributed by atoms with Crippen molar-refractivity contribution < 1.29 is 22.3 Å². The third kappa shape index (κ3) is 5.08. The average Bonchev–Trinajstić information content (AvgIpc) is 2.63. The standard InChI is InChI=1S/C20H20F4O/c1-2-25-18-12-11-17(19(23)20(18)24)15-9-7-14(8-10-15)5-3-4-6-16(22)13-21/h6-12H,2-5,13H2,1H3/b16-6-. The van der Waals surface area contributed by atoms with E-state index >= 15 is 0 Å². The van der Waals surface area contributed by atoms with Gasteiger partial charge >= 0.3 is 0 Å². The van der Waals surface area contributed by atoms with E-state index in [1.54, 1.807) is 19.1 Å². The van der Waals surface area contributed by atoms with E-state index in [-0.39, 0.29) is 17.9 Å². The lowest BCUT2D eigenvalue weighted by atomic mass is 10.0. The number of unbranched alkanes of at least 4 members (excludes halogenated alkanes) is 1. The lowest BCUT2D eigenvalue weighted by molar-refractivity contribution is 0.314. The van der Waals surface area contributed by atoms with Gasteiger partial charge in [0.2, 0.25) is 5.82 Å². The van der Waals surface area contributed by atoms with Gasteiger partial charge in [0.25, 0.3) is 0 Å². The van der Waals surface area contributed by atoms with Crippen molar-refractivity contribution in [3.8, 4) is 16.9 Å². The molecule has 1 nitrogen and oxygen atoms in total. The molecule has 0 radical (unpaired) electrons. The monoisotopic (exact) mass is 352 g/mol. The lowest BCUT2D eigenvalue weighted by Crippen LogP contribution is -1.98. The van der Waals surface area contributed by atoms with Crippen molar-refractivity contribution in [2.24, 2.45) is 0 Å². The van der Waals surface area contributed by atoms with Gasteiger partial charge < -0.3 is 4.74 Å². The fourth-order valence-electron chi connectivity index (χ4n) is 2.49. The molecule has 0 bridgehead atoms. The Kier molecular flexibility index (Phi) is 7.04. The van der Waals surface area contributed by atoms with Crippen LogP contribution in [0.4, 0.5) is 17.6 Å². The topological polar surface area (TPSA) is 9.23 Å². The van der Waals surface area contributed by atoms with E-state index in [4.69, 9.17) is 4.74 Å². The normalized spacial score (nSPS) is 11.6. The molecule has 0 atom stereocenters. The Balaban J connectivity index is 2.06. The molecule has 2 rings (SSSR count). The molecule has 0 N–H and O–H groups in total. The second kappa shape index (κ2) is 9.25. The molecule has 0 saturated carbocycles. The van der Waals surface area contributed by atoms with Gasteiger partial charge in [-0.05, 0) is 49.4 Å². The molecule has 2 aromatic rings. The Morgan fingerprint density at radius 2 is 1.76 bits per heavy atom. The van der Waals surface area contributed by atoms with E-state index in [1.165, 1.54) is 18.2 Å². The van der Waals surface area contributed by atoms with Crippen molar-refractivity contribution in [2.75, 3.05) is 13.3 Å². The Hall–Kier alpha value is -2.30. The van der Waals surface area contributed by atoms with E-state index in [2.05, 4.69) is 0 Å². The van der Waals surface area contributed by atoms with Crippen LogP contribution in [-0.2, 0) is 6.42 Å². The second-order valence-corrected chi connectivity index (χ2v) is 5.55. The van der Waals surface area contributed by atoms with Crippen LogP contribution in [0.2, 0.25) is 0 Å². The Labute approximate surface area is 144 Å². The molecule has 2 aromatic carbocycles. The van der Waals surface area contributed by atoms with Crippen molar-refractivity contribution >= 4 is 0 Å². The van der Waals surface area contributed by atoms with E-state index in [9.17, 15) is 17.6 Å². The zero-order valence-electron chi connectivity index (χ0n) is 14.0. The van der Waals surface area contributed by atoms with E-state index in [0.717, 1.165) is 5.56 Å². The Morgan fingerprint density at radius 1 is 1.04 bits per heavy atom. The van der Waals surface area contributed by atoms with Crippen LogP contribution in [0.15, 0.2) is 48.3 Å². The second-order valence-electron chi connectivity index (χ2n) is 5.55. The molecular weight excluding hydrogens is 332 g/mol. The number of hydrogen-bond acceptors (Lipinski definition) is 1. The van der Waals surface area contributed by atoms with Crippen LogP contribution in [0.3, 0.4) is 0 Å². The molecule has 0 unspecified atom stereocenters. The van der Waals surface area contributed by atoms with Crippen LogP contribution in [-0.4, -0.2) is 13.3 Å². The van der Waals surface area contributed by atoms with Crippen molar-refractivity contribution in [2.45, 2.75) is 26.2 Å². The summed E-state index contributed by atoms with van der Waals surface area (Å²) in [6.07, 6.45) is 3.07. The highest BCUT2D eigenvalue weighted by Crippen LogP contribution is 2.30. The predicted octanol–water partition coefficient (Wildman–Crippen LogP) is 6.18. The molecule has 134 valence electrons. The average molecular weight is 352 g/mol. The van der Waals surface area contributed by atoms with Gasteiger partial charge in [-0.2, -0.15) is 4.39 Å². The number of ether oxygens (including phenoxy) is 1. The first kappa shape index (κ1) is 19.0.